The third-order valence-corrected chi connectivity index (χ3v) is 5.55. The molecule has 4 rings (SSSR count). The molecule has 1 aliphatic rings. The normalized spacial score (nSPS) is 16.1. The Bertz CT molecular complexity index is 1140. The van der Waals surface area contributed by atoms with Crippen molar-refractivity contribution in [2.75, 3.05) is 26.5 Å². The fourth-order valence-electron chi connectivity index (χ4n) is 4.02. The molecule has 1 aliphatic carbocycles. The standard InChI is InChI=1S/C21H22F3N5O2/c1-29(2)20(30)11-4-6-14-13(8-11)17-18(27-14)25-10-26-19(17)28-15-9-12(21(22,23)24)5-7-16(15)31-3/h5,7,9-11H,4,6,8H2,1-3H3,(H2,25,26,27,28). The Hall–Kier alpha value is -3.30. The van der Waals surface area contributed by atoms with Gasteiger partial charge in [0, 0.05) is 25.7 Å². The van der Waals surface area contributed by atoms with E-state index in [9.17, 15) is 18.0 Å². The van der Waals surface area contributed by atoms with Crippen molar-refractivity contribution in [3.63, 3.8) is 0 Å². The first-order chi connectivity index (χ1) is 14.7. The lowest BCUT2D eigenvalue weighted by molar-refractivity contribution is -0.137. The molecule has 2 aromatic heterocycles. The number of benzene rings is 1. The second kappa shape index (κ2) is 7.75. The van der Waals surface area contributed by atoms with Crippen molar-refractivity contribution in [3.05, 3.63) is 41.3 Å². The van der Waals surface area contributed by atoms with E-state index in [0.29, 0.717) is 36.1 Å². The van der Waals surface area contributed by atoms with Crippen LogP contribution in [0.2, 0.25) is 0 Å². The summed E-state index contributed by atoms with van der Waals surface area (Å²) in [4.78, 5) is 25.9. The number of halogens is 3. The number of aromatic amines is 1. The Labute approximate surface area is 176 Å². The monoisotopic (exact) mass is 433 g/mol. The quantitative estimate of drug-likeness (QED) is 0.652. The van der Waals surface area contributed by atoms with Crippen molar-refractivity contribution < 1.29 is 22.7 Å². The van der Waals surface area contributed by atoms with E-state index in [1.54, 1.807) is 19.0 Å². The molecule has 1 amide bonds. The fraction of sp³-hybridized carbons (Fsp3) is 0.381. The molecule has 10 heteroatoms. The van der Waals surface area contributed by atoms with Crippen molar-refractivity contribution in [3.8, 4) is 5.75 Å². The summed E-state index contributed by atoms with van der Waals surface area (Å²) in [7, 11) is 4.84. The van der Waals surface area contributed by atoms with Gasteiger partial charge in [0.25, 0.3) is 0 Å². The molecular formula is C21H22F3N5O2. The number of nitrogens with one attached hydrogen (secondary N) is 2. The molecule has 164 valence electrons. The predicted octanol–water partition coefficient (Wildman–Crippen LogP) is 3.92. The highest BCUT2D eigenvalue weighted by atomic mass is 19.4. The van der Waals surface area contributed by atoms with Crippen LogP contribution in [0, 0.1) is 5.92 Å². The highest BCUT2D eigenvalue weighted by Gasteiger charge is 2.32. The number of hydrogen-bond donors (Lipinski definition) is 2. The first-order valence-electron chi connectivity index (χ1n) is 9.77. The Morgan fingerprint density at radius 3 is 2.74 bits per heavy atom. The van der Waals surface area contributed by atoms with Crippen LogP contribution in [0.1, 0.15) is 23.2 Å². The van der Waals surface area contributed by atoms with Crippen LogP contribution in [0.4, 0.5) is 24.7 Å². The van der Waals surface area contributed by atoms with Gasteiger partial charge in [0.2, 0.25) is 5.91 Å². The van der Waals surface area contributed by atoms with Crippen LogP contribution in [0.5, 0.6) is 5.75 Å². The number of carbonyl (C=O) groups is 1. The SMILES string of the molecule is COc1ccc(C(F)(F)F)cc1Nc1ncnc2[nH]c3c(c12)CC(C(=O)N(C)C)CC3. The van der Waals surface area contributed by atoms with Gasteiger partial charge in [0.05, 0.1) is 23.7 Å². The number of H-pyrrole nitrogens is 1. The molecule has 0 aliphatic heterocycles. The molecular weight excluding hydrogens is 411 g/mol. The topological polar surface area (TPSA) is 83.1 Å². The summed E-state index contributed by atoms with van der Waals surface area (Å²) in [6.07, 6.45) is -1.24. The zero-order valence-corrected chi connectivity index (χ0v) is 17.3. The molecule has 31 heavy (non-hydrogen) atoms. The van der Waals surface area contributed by atoms with E-state index >= 15 is 0 Å². The number of alkyl halides is 3. The Morgan fingerprint density at radius 2 is 2.06 bits per heavy atom. The van der Waals surface area contributed by atoms with Gasteiger partial charge in [-0.1, -0.05) is 0 Å². The van der Waals surface area contributed by atoms with Crippen LogP contribution in [0.3, 0.4) is 0 Å². The molecule has 7 nitrogen and oxygen atoms in total. The Kier molecular flexibility index (Phi) is 5.24. The number of methoxy groups -OCH3 is 1. The van der Waals surface area contributed by atoms with Gasteiger partial charge in [0.1, 0.15) is 23.5 Å². The molecule has 1 atom stereocenters. The molecule has 3 aromatic rings. The first-order valence-corrected chi connectivity index (χ1v) is 9.77. The maximum absolute atomic E-state index is 13.2. The van der Waals surface area contributed by atoms with Crippen LogP contribution in [-0.2, 0) is 23.8 Å². The third kappa shape index (κ3) is 3.89. The molecule has 0 spiro atoms. The van der Waals surface area contributed by atoms with Crippen LogP contribution in [0.15, 0.2) is 24.5 Å². The first kappa shape index (κ1) is 21.0. The van der Waals surface area contributed by atoms with Crippen LogP contribution in [-0.4, -0.2) is 47.0 Å². The molecule has 1 unspecified atom stereocenters. The number of aryl methyl sites for hydroxylation is 1. The van der Waals surface area contributed by atoms with Crippen LogP contribution >= 0.6 is 0 Å². The summed E-state index contributed by atoms with van der Waals surface area (Å²) in [6.45, 7) is 0. The predicted molar refractivity (Wildman–Crippen MR) is 109 cm³/mol. The van der Waals surface area contributed by atoms with E-state index in [1.807, 2.05) is 0 Å². The number of anilines is 2. The van der Waals surface area contributed by atoms with Gasteiger partial charge in [0.15, 0.2) is 0 Å². The Balaban J connectivity index is 1.77. The van der Waals surface area contributed by atoms with Gasteiger partial charge in [-0.2, -0.15) is 13.2 Å². The summed E-state index contributed by atoms with van der Waals surface area (Å²) < 4.78 is 44.9. The smallest absolute Gasteiger partial charge is 0.416 e. The summed E-state index contributed by atoms with van der Waals surface area (Å²) in [6, 6.07) is 3.22. The minimum atomic E-state index is -4.49. The second-order valence-electron chi connectivity index (χ2n) is 7.74. The van der Waals surface area contributed by atoms with Gasteiger partial charge < -0.3 is 19.9 Å². The van der Waals surface area contributed by atoms with Gasteiger partial charge in [-0.25, -0.2) is 9.97 Å². The van der Waals surface area contributed by atoms with E-state index in [2.05, 4.69) is 20.3 Å². The highest BCUT2D eigenvalue weighted by Crippen LogP contribution is 2.39. The average Bonchev–Trinajstić information content (AvgIpc) is 3.11. The number of aromatic nitrogens is 3. The van der Waals surface area contributed by atoms with E-state index in [1.165, 1.54) is 19.5 Å². The third-order valence-electron chi connectivity index (χ3n) is 5.55. The van der Waals surface area contributed by atoms with Crippen LogP contribution in [0.25, 0.3) is 11.0 Å². The number of fused-ring (bicyclic) bond motifs is 3. The second-order valence-corrected chi connectivity index (χ2v) is 7.74. The molecule has 0 fully saturated rings. The largest absolute Gasteiger partial charge is 0.495 e. The van der Waals surface area contributed by atoms with Crippen molar-refractivity contribution in [2.45, 2.75) is 25.4 Å². The number of ether oxygens (including phenoxy) is 1. The number of rotatable bonds is 4. The lowest BCUT2D eigenvalue weighted by Gasteiger charge is -2.24. The zero-order valence-electron chi connectivity index (χ0n) is 17.3. The number of carbonyl (C=O) groups excluding carboxylic acids is 1. The Morgan fingerprint density at radius 1 is 1.29 bits per heavy atom. The summed E-state index contributed by atoms with van der Waals surface area (Å²) in [5, 5.41) is 3.66. The number of nitrogens with zero attached hydrogens (tertiary/aromatic N) is 3. The van der Waals surface area contributed by atoms with E-state index in [-0.39, 0.29) is 23.3 Å². The van der Waals surface area contributed by atoms with Crippen LogP contribution < -0.4 is 10.1 Å². The average molecular weight is 433 g/mol. The number of amides is 1. The molecule has 2 heterocycles. The summed E-state index contributed by atoms with van der Waals surface area (Å²) >= 11 is 0. The minimum Gasteiger partial charge on any atom is -0.495 e. The van der Waals surface area contributed by atoms with Gasteiger partial charge in [-0.3, -0.25) is 4.79 Å². The van der Waals surface area contributed by atoms with Crippen molar-refractivity contribution >= 4 is 28.4 Å². The van der Waals surface area contributed by atoms with Gasteiger partial charge >= 0.3 is 6.18 Å². The molecule has 1 aromatic carbocycles. The van der Waals surface area contributed by atoms with Crippen molar-refractivity contribution in [1.29, 1.82) is 0 Å². The fourth-order valence-corrected chi connectivity index (χ4v) is 4.02. The van der Waals surface area contributed by atoms with E-state index in [4.69, 9.17) is 4.74 Å². The van der Waals surface area contributed by atoms with E-state index in [0.717, 1.165) is 23.4 Å². The summed E-state index contributed by atoms with van der Waals surface area (Å²) in [5.41, 5.74) is 1.80. The van der Waals surface area contributed by atoms with Crippen molar-refractivity contribution in [1.82, 2.24) is 19.9 Å². The molecule has 0 saturated carbocycles. The molecule has 0 radical (unpaired) electrons. The van der Waals surface area contributed by atoms with Crippen molar-refractivity contribution in [2.24, 2.45) is 5.92 Å². The maximum Gasteiger partial charge on any atom is 0.416 e. The zero-order chi connectivity index (χ0) is 22.3. The lowest BCUT2D eigenvalue weighted by atomic mass is 9.85. The van der Waals surface area contributed by atoms with E-state index < -0.39 is 11.7 Å². The molecule has 0 saturated heterocycles. The maximum atomic E-state index is 13.2. The molecule has 0 bridgehead atoms. The van der Waals surface area contributed by atoms with Gasteiger partial charge in [-0.05, 0) is 43.0 Å². The minimum absolute atomic E-state index is 0.0471. The lowest BCUT2D eigenvalue weighted by Crippen LogP contribution is -2.33. The highest BCUT2D eigenvalue weighted by molar-refractivity contribution is 5.94. The number of hydrogen-bond acceptors (Lipinski definition) is 5. The summed E-state index contributed by atoms with van der Waals surface area (Å²) in [5.74, 6) is 0.492. The van der Waals surface area contributed by atoms with Gasteiger partial charge in [-0.15, -0.1) is 0 Å². The molecule has 2 N–H and O–H groups in total.